The smallest absolute Gasteiger partial charge is 0.254 e. The number of hydrogen-bond acceptors (Lipinski definition) is 1. The Kier molecular flexibility index (Phi) is 2.68. The number of carbonyl (C=O) groups excluding carboxylic acids is 1. The molecule has 21 heavy (non-hydrogen) atoms. The minimum absolute atomic E-state index is 0.155. The van der Waals surface area contributed by atoms with Crippen molar-refractivity contribution in [2.75, 3.05) is 7.05 Å². The number of amides is 1. The van der Waals surface area contributed by atoms with Crippen molar-refractivity contribution in [3.05, 3.63) is 70.8 Å². The number of fused-ring (bicyclic) bond motifs is 4. The van der Waals surface area contributed by atoms with Crippen molar-refractivity contribution in [1.29, 1.82) is 0 Å². The van der Waals surface area contributed by atoms with Crippen LogP contribution in [0.25, 0.3) is 0 Å². The highest BCUT2D eigenvalue weighted by Crippen LogP contribution is 2.49. The molecule has 1 aliphatic heterocycles. The lowest BCUT2D eigenvalue weighted by atomic mass is 9.78. The summed E-state index contributed by atoms with van der Waals surface area (Å²) in [6.45, 7) is 0. The van der Waals surface area contributed by atoms with E-state index >= 15 is 0 Å². The molecule has 1 heterocycles. The van der Waals surface area contributed by atoms with Crippen LogP contribution in [0.2, 0.25) is 0 Å². The summed E-state index contributed by atoms with van der Waals surface area (Å²) < 4.78 is 0. The molecule has 1 spiro atoms. The van der Waals surface area contributed by atoms with Crippen LogP contribution in [-0.4, -0.2) is 17.9 Å². The Bertz CT molecular complexity index is 721. The van der Waals surface area contributed by atoms with Crippen molar-refractivity contribution in [3.8, 4) is 0 Å². The summed E-state index contributed by atoms with van der Waals surface area (Å²) in [6.07, 6.45) is 4.48. The molecule has 2 nitrogen and oxygen atoms in total. The number of carbonyl (C=O) groups is 1. The largest absolute Gasteiger partial charge is 0.328 e. The molecule has 0 unspecified atom stereocenters. The van der Waals surface area contributed by atoms with E-state index in [1.165, 1.54) is 23.1 Å². The SMILES string of the molecule is CN1C(=O)c2ccccc2[C@@]12CCCCc1ccccc12. The maximum atomic E-state index is 12.7. The summed E-state index contributed by atoms with van der Waals surface area (Å²) in [7, 11) is 1.96. The van der Waals surface area contributed by atoms with Crippen LogP contribution < -0.4 is 0 Å². The van der Waals surface area contributed by atoms with Crippen molar-refractivity contribution < 1.29 is 4.79 Å². The van der Waals surface area contributed by atoms with Crippen LogP contribution in [0.4, 0.5) is 0 Å². The first-order valence-corrected chi connectivity index (χ1v) is 7.71. The van der Waals surface area contributed by atoms with Crippen molar-refractivity contribution >= 4 is 5.91 Å². The van der Waals surface area contributed by atoms with Crippen LogP contribution in [0, 0.1) is 0 Å². The zero-order chi connectivity index (χ0) is 14.4. The summed E-state index contributed by atoms with van der Waals surface area (Å²) in [6, 6.07) is 16.8. The maximum Gasteiger partial charge on any atom is 0.254 e. The Balaban J connectivity index is 2.05. The molecule has 1 amide bonds. The second-order valence-electron chi connectivity index (χ2n) is 6.13. The molecule has 0 fully saturated rings. The van der Waals surface area contributed by atoms with E-state index in [9.17, 15) is 4.79 Å². The molecule has 0 N–H and O–H groups in total. The molecule has 2 aliphatic rings. The van der Waals surface area contributed by atoms with E-state index in [0.717, 1.165) is 24.8 Å². The van der Waals surface area contributed by atoms with Crippen LogP contribution >= 0.6 is 0 Å². The fourth-order valence-corrected chi connectivity index (χ4v) is 4.17. The van der Waals surface area contributed by atoms with Crippen LogP contribution in [0.5, 0.6) is 0 Å². The molecular formula is C19H19NO. The normalized spacial score (nSPS) is 23.9. The highest BCUT2D eigenvalue weighted by molar-refractivity contribution is 6.00. The second kappa shape index (κ2) is 4.45. The van der Waals surface area contributed by atoms with Gasteiger partial charge in [-0.3, -0.25) is 4.79 Å². The van der Waals surface area contributed by atoms with Gasteiger partial charge in [-0.05, 0) is 42.0 Å². The van der Waals surface area contributed by atoms with Gasteiger partial charge in [0, 0.05) is 12.6 Å². The van der Waals surface area contributed by atoms with Crippen molar-refractivity contribution in [2.45, 2.75) is 31.2 Å². The monoisotopic (exact) mass is 277 g/mol. The Labute approximate surface area is 125 Å². The van der Waals surface area contributed by atoms with Gasteiger partial charge in [-0.2, -0.15) is 0 Å². The van der Waals surface area contributed by atoms with Gasteiger partial charge in [0.15, 0.2) is 0 Å². The van der Waals surface area contributed by atoms with Gasteiger partial charge in [0.1, 0.15) is 0 Å². The summed E-state index contributed by atoms with van der Waals surface area (Å²) in [5.41, 5.74) is 4.51. The zero-order valence-corrected chi connectivity index (χ0v) is 12.3. The minimum atomic E-state index is -0.263. The first kappa shape index (κ1) is 12.6. The second-order valence-corrected chi connectivity index (χ2v) is 6.13. The van der Waals surface area contributed by atoms with Gasteiger partial charge >= 0.3 is 0 Å². The molecule has 2 heteroatoms. The summed E-state index contributed by atoms with van der Waals surface area (Å²) >= 11 is 0. The van der Waals surface area contributed by atoms with Crippen molar-refractivity contribution in [3.63, 3.8) is 0 Å². The molecule has 1 aliphatic carbocycles. The summed E-state index contributed by atoms with van der Waals surface area (Å²) in [5.74, 6) is 0.155. The third kappa shape index (κ3) is 1.56. The van der Waals surface area contributed by atoms with Gasteiger partial charge in [-0.1, -0.05) is 48.9 Å². The van der Waals surface area contributed by atoms with Gasteiger partial charge in [0.25, 0.3) is 5.91 Å². The average molecular weight is 277 g/mol. The Morgan fingerprint density at radius 2 is 1.67 bits per heavy atom. The van der Waals surface area contributed by atoms with Gasteiger partial charge in [-0.15, -0.1) is 0 Å². The predicted octanol–water partition coefficient (Wildman–Crippen LogP) is 3.74. The quantitative estimate of drug-likeness (QED) is 0.718. The molecule has 2 aromatic rings. The lowest BCUT2D eigenvalue weighted by Gasteiger charge is -2.38. The Morgan fingerprint density at radius 3 is 2.52 bits per heavy atom. The van der Waals surface area contributed by atoms with E-state index in [4.69, 9.17) is 0 Å². The molecule has 0 saturated heterocycles. The standard InChI is InChI=1S/C19H19NO/c1-20-18(21)15-10-3-5-12-17(15)19(20)13-7-6-9-14-8-2-4-11-16(14)19/h2-5,8,10-12H,6-7,9,13H2,1H3/t19-/m0/s1. The summed E-state index contributed by atoms with van der Waals surface area (Å²) in [5, 5.41) is 0. The van der Waals surface area contributed by atoms with Crippen molar-refractivity contribution in [2.24, 2.45) is 0 Å². The number of hydrogen-bond donors (Lipinski definition) is 0. The summed E-state index contributed by atoms with van der Waals surface area (Å²) in [4.78, 5) is 14.7. The molecule has 0 aromatic heterocycles. The molecule has 4 rings (SSSR count). The fourth-order valence-electron chi connectivity index (χ4n) is 4.17. The third-order valence-corrected chi connectivity index (χ3v) is 5.18. The average Bonchev–Trinajstić information content (AvgIpc) is 2.68. The van der Waals surface area contributed by atoms with Gasteiger partial charge < -0.3 is 4.90 Å². The van der Waals surface area contributed by atoms with Gasteiger partial charge in [-0.25, -0.2) is 0 Å². The molecule has 0 saturated carbocycles. The highest BCUT2D eigenvalue weighted by atomic mass is 16.2. The molecular weight excluding hydrogens is 258 g/mol. The number of nitrogens with zero attached hydrogens (tertiary/aromatic N) is 1. The zero-order valence-electron chi connectivity index (χ0n) is 12.3. The third-order valence-electron chi connectivity index (χ3n) is 5.18. The number of rotatable bonds is 0. The van der Waals surface area contributed by atoms with E-state index in [-0.39, 0.29) is 11.4 Å². The molecule has 0 bridgehead atoms. The van der Waals surface area contributed by atoms with E-state index in [2.05, 4.69) is 36.4 Å². The van der Waals surface area contributed by atoms with E-state index in [1.54, 1.807) is 0 Å². The molecule has 1 atom stereocenters. The Morgan fingerprint density at radius 1 is 0.952 bits per heavy atom. The first-order chi connectivity index (χ1) is 10.2. The van der Waals surface area contributed by atoms with Crippen LogP contribution in [0.1, 0.15) is 46.3 Å². The van der Waals surface area contributed by atoms with Crippen LogP contribution in [-0.2, 0) is 12.0 Å². The highest BCUT2D eigenvalue weighted by Gasteiger charge is 2.49. The van der Waals surface area contributed by atoms with Crippen LogP contribution in [0.3, 0.4) is 0 Å². The molecule has 0 radical (unpaired) electrons. The maximum absolute atomic E-state index is 12.7. The van der Waals surface area contributed by atoms with E-state index < -0.39 is 0 Å². The molecule has 2 aromatic carbocycles. The van der Waals surface area contributed by atoms with Gasteiger partial charge in [0.05, 0.1) is 5.54 Å². The van der Waals surface area contributed by atoms with E-state index in [0.29, 0.717) is 0 Å². The first-order valence-electron chi connectivity index (χ1n) is 7.71. The van der Waals surface area contributed by atoms with Gasteiger partial charge in [0.2, 0.25) is 0 Å². The lowest BCUT2D eigenvalue weighted by molar-refractivity contribution is 0.0680. The number of aryl methyl sites for hydroxylation is 1. The van der Waals surface area contributed by atoms with Crippen molar-refractivity contribution in [1.82, 2.24) is 4.90 Å². The predicted molar refractivity (Wildman–Crippen MR) is 83.3 cm³/mol. The van der Waals surface area contributed by atoms with Crippen LogP contribution in [0.15, 0.2) is 48.5 Å². The Hall–Kier alpha value is -2.09. The number of benzene rings is 2. The minimum Gasteiger partial charge on any atom is -0.328 e. The lowest BCUT2D eigenvalue weighted by Crippen LogP contribution is -2.42. The topological polar surface area (TPSA) is 20.3 Å². The van der Waals surface area contributed by atoms with E-state index in [1.807, 2.05) is 24.1 Å². The molecule has 106 valence electrons. The fraction of sp³-hybridized carbons (Fsp3) is 0.316.